The molecular formula is C16H12ClFN4O2. The Bertz CT molecular complexity index is 954. The van der Waals surface area contributed by atoms with E-state index < -0.39 is 17.6 Å². The molecule has 0 radical (unpaired) electrons. The molecule has 24 heavy (non-hydrogen) atoms. The highest BCUT2D eigenvalue weighted by molar-refractivity contribution is 6.31. The van der Waals surface area contributed by atoms with E-state index in [0.29, 0.717) is 5.02 Å². The van der Waals surface area contributed by atoms with Gasteiger partial charge in [0.15, 0.2) is 0 Å². The highest BCUT2D eigenvalue weighted by atomic mass is 35.5. The average Bonchev–Trinajstić information content (AvgIpc) is 2.95. The van der Waals surface area contributed by atoms with Gasteiger partial charge < -0.3 is 10.7 Å². The number of H-pyrrole nitrogens is 1. The van der Waals surface area contributed by atoms with Gasteiger partial charge in [-0.2, -0.15) is 0 Å². The summed E-state index contributed by atoms with van der Waals surface area (Å²) in [6, 6.07) is 10.1. The number of amides is 2. The Morgan fingerprint density at radius 2 is 1.79 bits per heavy atom. The molecule has 5 N–H and O–H groups in total. The molecule has 1 aromatic heterocycles. The highest BCUT2D eigenvalue weighted by Crippen LogP contribution is 2.20. The zero-order valence-corrected chi connectivity index (χ0v) is 12.9. The van der Waals surface area contributed by atoms with Gasteiger partial charge in [-0.3, -0.25) is 20.4 Å². The summed E-state index contributed by atoms with van der Waals surface area (Å²) in [5.74, 6) is -1.75. The van der Waals surface area contributed by atoms with Crippen LogP contribution in [-0.4, -0.2) is 16.8 Å². The van der Waals surface area contributed by atoms with E-state index in [1.165, 1.54) is 6.07 Å². The van der Waals surface area contributed by atoms with E-state index in [9.17, 15) is 14.0 Å². The van der Waals surface area contributed by atoms with Gasteiger partial charge in [0.1, 0.15) is 11.5 Å². The van der Waals surface area contributed by atoms with E-state index in [2.05, 4.69) is 15.8 Å². The SMILES string of the molecule is Nc1cc(F)ccc1C(=O)NNC(=O)c1cc2cc(Cl)ccc2[nH]1. The predicted molar refractivity (Wildman–Crippen MR) is 89.1 cm³/mol. The molecule has 0 atom stereocenters. The number of aromatic amines is 1. The molecule has 2 amide bonds. The molecule has 3 rings (SSSR count). The summed E-state index contributed by atoms with van der Waals surface area (Å²) in [5, 5.41) is 1.32. The Balaban J connectivity index is 1.71. The van der Waals surface area contributed by atoms with Crippen molar-refractivity contribution in [1.29, 1.82) is 0 Å². The minimum absolute atomic E-state index is 0.0259. The molecule has 8 heteroatoms. The fraction of sp³-hybridized carbons (Fsp3) is 0. The number of hydrogen-bond acceptors (Lipinski definition) is 3. The van der Waals surface area contributed by atoms with Gasteiger partial charge in [-0.25, -0.2) is 4.39 Å². The van der Waals surface area contributed by atoms with Gasteiger partial charge in [0.2, 0.25) is 0 Å². The zero-order chi connectivity index (χ0) is 17.3. The van der Waals surface area contributed by atoms with Crippen molar-refractivity contribution in [3.63, 3.8) is 0 Å². The summed E-state index contributed by atoms with van der Waals surface area (Å²) < 4.78 is 13.0. The number of rotatable bonds is 2. The molecule has 1 heterocycles. The summed E-state index contributed by atoms with van der Waals surface area (Å²) in [5.41, 5.74) is 11.1. The van der Waals surface area contributed by atoms with Crippen molar-refractivity contribution in [2.45, 2.75) is 0 Å². The second kappa shape index (κ2) is 6.21. The van der Waals surface area contributed by atoms with Crippen LogP contribution in [-0.2, 0) is 0 Å². The smallest absolute Gasteiger partial charge is 0.286 e. The van der Waals surface area contributed by atoms with E-state index in [1.54, 1.807) is 24.3 Å². The number of hydrogen-bond donors (Lipinski definition) is 4. The fourth-order valence-corrected chi connectivity index (χ4v) is 2.39. The molecule has 0 bridgehead atoms. The van der Waals surface area contributed by atoms with Crippen LogP contribution in [0.15, 0.2) is 42.5 Å². The zero-order valence-electron chi connectivity index (χ0n) is 12.2. The lowest BCUT2D eigenvalue weighted by molar-refractivity contribution is 0.0845. The van der Waals surface area contributed by atoms with Crippen molar-refractivity contribution in [3.05, 3.63) is 64.6 Å². The Morgan fingerprint density at radius 3 is 2.54 bits per heavy atom. The third-order valence-corrected chi connectivity index (χ3v) is 3.61. The number of anilines is 1. The quantitative estimate of drug-likeness (QED) is 0.424. The van der Waals surface area contributed by atoms with Gasteiger partial charge in [-0.1, -0.05) is 11.6 Å². The Hall–Kier alpha value is -3.06. The third kappa shape index (κ3) is 3.16. The molecule has 0 aliphatic carbocycles. The standard InChI is InChI=1S/C16H12ClFN4O2/c17-9-1-4-13-8(5-9)6-14(20-13)16(24)22-21-15(23)11-3-2-10(18)7-12(11)19/h1-7,20H,19H2,(H,21,23)(H,22,24). The summed E-state index contributed by atoms with van der Waals surface area (Å²) in [6.45, 7) is 0. The van der Waals surface area contributed by atoms with Gasteiger partial charge in [-0.15, -0.1) is 0 Å². The minimum atomic E-state index is -0.653. The number of nitrogens with one attached hydrogen (secondary N) is 3. The summed E-state index contributed by atoms with van der Waals surface area (Å²) >= 11 is 5.89. The van der Waals surface area contributed by atoms with Crippen molar-refractivity contribution >= 4 is 40.0 Å². The summed E-state index contributed by atoms with van der Waals surface area (Å²) in [7, 11) is 0. The van der Waals surface area contributed by atoms with Crippen LogP contribution in [0, 0.1) is 5.82 Å². The Labute approximate surface area is 140 Å². The molecule has 0 aliphatic rings. The van der Waals surface area contributed by atoms with E-state index in [4.69, 9.17) is 17.3 Å². The molecule has 0 saturated carbocycles. The van der Waals surface area contributed by atoms with Crippen molar-refractivity contribution in [2.75, 3.05) is 5.73 Å². The molecule has 0 saturated heterocycles. The van der Waals surface area contributed by atoms with E-state index in [0.717, 1.165) is 23.0 Å². The maximum atomic E-state index is 13.0. The fourth-order valence-electron chi connectivity index (χ4n) is 2.21. The van der Waals surface area contributed by atoms with Crippen LogP contribution in [0.25, 0.3) is 10.9 Å². The molecular weight excluding hydrogens is 335 g/mol. The monoisotopic (exact) mass is 346 g/mol. The second-order valence-corrected chi connectivity index (χ2v) is 5.49. The van der Waals surface area contributed by atoms with Crippen LogP contribution < -0.4 is 16.6 Å². The average molecular weight is 347 g/mol. The topological polar surface area (TPSA) is 100 Å². The third-order valence-electron chi connectivity index (χ3n) is 3.38. The lowest BCUT2D eigenvalue weighted by atomic mass is 10.1. The van der Waals surface area contributed by atoms with E-state index in [1.807, 2.05) is 0 Å². The molecule has 0 fully saturated rings. The maximum absolute atomic E-state index is 13.0. The van der Waals surface area contributed by atoms with Gasteiger partial charge in [0, 0.05) is 21.6 Å². The molecule has 6 nitrogen and oxygen atoms in total. The summed E-state index contributed by atoms with van der Waals surface area (Å²) in [4.78, 5) is 27.0. The largest absolute Gasteiger partial charge is 0.398 e. The highest BCUT2D eigenvalue weighted by Gasteiger charge is 2.14. The van der Waals surface area contributed by atoms with E-state index >= 15 is 0 Å². The van der Waals surface area contributed by atoms with Crippen molar-refractivity contribution < 1.29 is 14.0 Å². The van der Waals surface area contributed by atoms with Crippen molar-refractivity contribution in [1.82, 2.24) is 15.8 Å². The lowest BCUT2D eigenvalue weighted by Crippen LogP contribution is -2.42. The maximum Gasteiger partial charge on any atom is 0.286 e. The Kier molecular flexibility index (Phi) is 4.09. The second-order valence-electron chi connectivity index (χ2n) is 5.05. The molecule has 2 aromatic carbocycles. The lowest BCUT2D eigenvalue weighted by Gasteiger charge is -2.08. The van der Waals surface area contributed by atoms with Crippen LogP contribution in [0.1, 0.15) is 20.8 Å². The summed E-state index contributed by atoms with van der Waals surface area (Å²) in [6.07, 6.45) is 0. The van der Waals surface area contributed by atoms with E-state index in [-0.39, 0.29) is 16.9 Å². The van der Waals surface area contributed by atoms with Gasteiger partial charge in [-0.05, 0) is 42.5 Å². The number of halogens is 2. The first-order valence-electron chi connectivity index (χ1n) is 6.88. The van der Waals surface area contributed by atoms with Crippen LogP contribution in [0.5, 0.6) is 0 Å². The number of benzene rings is 2. The van der Waals surface area contributed by atoms with Crippen LogP contribution in [0.3, 0.4) is 0 Å². The number of nitrogens with two attached hydrogens (primary N) is 1. The Morgan fingerprint density at radius 1 is 1.04 bits per heavy atom. The van der Waals surface area contributed by atoms with Gasteiger partial charge >= 0.3 is 0 Å². The molecule has 0 spiro atoms. The number of aromatic nitrogens is 1. The number of hydrazine groups is 1. The molecule has 122 valence electrons. The van der Waals surface area contributed by atoms with Crippen molar-refractivity contribution in [2.24, 2.45) is 0 Å². The molecule has 0 unspecified atom stereocenters. The number of carbonyl (C=O) groups excluding carboxylic acids is 2. The molecule has 0 aliphatic heterocycles. The van der Waals surface area contributed by atoms with Crippen LogP contribution in [0.2, 0.25) is 5.02 Å². The minimum Gasteiger partial charge on any atom is -0.398 e. The van der Waals surface area contributed by atoms with Crippen LogP contribution >= 0.6 is 11.6 Å². The predicted octanol–water partition coefficient (Wildman–Crippen LogP) is 2.62. The van der Waals surface area contributed by atoms with Gasteiger partial charge in [0.05, 0.1) is 5.56 Å². The number of carbonyl (C=O) groups is 2. The first kappa shape index (κ1) is 15.8. The number of nitrogen functional groups attached to an aromatic ring is 1. The normalized spacial score (nSPS) is 10.6. The number of fused-ring (bicyclic) bond motifs is 1. The first-order valence-corrected chi connectivity index (χ1v) is 7.26. The van der Waals surface area contributed by atoms with Crippen molar-refractivity contribution in [3.8, 4) is 0 Å². The first-order chi connectivity index (χ1) is 11.4. The molecule has 3 aromatic rings. The van der Waals surface area contributed by atoms with Crippen LogP contribution in [0.4, 0.5) is 10.1 Å². The van der Waals surface area contributed by atoms with Gasteiger partial charge in [0.25, 0.3) is 11.8 Å².